The van der Waals surface area contributed by atoms with Crippen LogP contribution in [0.15, 0.2) is 12.3 Å². The van der Waals surface area contributed by atoms with Crippen molar-refractivity contribution in [1.29, 1.82) is 0 Å². The van der Waals surface area contributed by atoms with Crippen molar-refractivity contribution < 1.29 is 9.18 Å². The van der Waals surface area contributed by atoms with E-state index in [9.17, 15) is 9.18 Å². The lowest BCUT2D eigenvalue weighted by Gasteiger charge is -2.18. The van der Waals surface area contributed by atoms with Crippen LogP contribution in [0.4, 0.5) is 4.39 Å². The largest absolute Gasteiger partial charge is 0.368 e. The molecular weight excluding hydrogens is 175 g/mol. The van der Waals surface area contributed by atoms with Crippen LogP contribution < -0.4 is 11.5 Å². The van der Waals surface area contributed by atoms with Crippen molar-refractivity contribution in [2.24, 2.45) is 11.5 Å². The molecule has 0 aliphatic carbocycles. The number of hydrogen-bond acceptors (Lipinski definition) is 4. The number of aromatic nitrogens is 2. The Morgan fingerprint density at radius 1 is 1.69 bits per heavy atom. The van der Waals surface area contributed by atoms with Crippen LogP contribution in [0.1, 0.15) is 12.6 Å². The van der Waals surface area contributed by atoms with Crippen LogP contribution in [0, 0.1) is 6.08 Å². The third-order valence-electron chi connectivity index (χ3n) is 1.67. The molecule has 0 bridgehead atoms. The first-order valence-corrected chi connectivity index (χ1v) is 3.52. The van der Waals surface area contributed by atoms with Crippen LogP contribution in [0.5, 0.6) is 0 Å². The lowest BCUT2D eigenvalue weighted by Crippen LogP contribution is -2.47. The van der Waals surface area contributed by atoms with Crippen LogP contribution in [0.2, 0.25) is 0 Å². The molecule has 0 saturated carbocycles. The predicted molar refractivity (Wildman–Crippen MR) is 42.7 cm³/mol. The standard InChI is InChI=1S/C7H9FN4O/c1-7(10,5(9)13)4-2-3-11-6(8)12-4/h2-3H,10H2,1H3,(H2,9,13)/t7-/m1/s1. The molecule has 1 atom stereocenters. The van der Waals surface area contributed by atoms with Gasteiger partial charge in [0.2, 0.25) is 5.91 Å². The van der Waals surface area contributed by atoms with E-state index < -0.39 is 17.5 Å². The minimum absolute atomic E-state index is 0.0625. The van der Waals surface area contributed by atoms with Gasteiger partial charge in [0.1, 0.15) is 5.54 Å². The van der Waals surface area contributed by atoms with Crippen LogP contribution in [-0.2, 0) is 10.3 Å². The Bertz CT molecular complexity index is 339. The second kappa shape index (κ2) is 3.06. The number of primary amides is 1. The Labute approximate surface area is 74.0 Å². The van der Waals surface area contributed by atoms with Crippen molar-refractivity contribution in [3.8, 4) is 0 Å². The van der Waals surface area contributed by atoms with Crippen molar-refractivity contribution in [3.05, 3.63) is 24.0 Å². The van der Waals surface area contributed by atoms with Crippen molar-refractivity contribution in [2.75, 3.05) is 0 Å². The highest BCUT2D eigenvalue weighted by Crippen LogP contribution is 2.13. The first kappa shape index (κ1) is 9.53. The van der Waals surface area contributed by atoms with E-state index in [1.807, 2.05) is 0 Å². The summed E-state index contributed by atoms with van der Waals surface area (Å²) in [5.74, 6) is -0.773. The van der Waals surface area contributed by atoms with Crippen molar-refractivity contribution in [1.82, 2.24) is 9.97 Å². The van der Waals surface area contributed by atoms with Gasteiger partial charge in [0.25, 0.3) is 0 Å². The minimum atomic E-state index is -1.47. The molecule has 1 aromatic rings. The summed E-state index contributed by atoms with van der Waals surface area (Å²) >= 11 is 0. The number of nitrogens with two attached hydrogens (primary N) is 2. The zero-order valence-electron chi connectivity index (χ0n) is 6.99. The third kappa shape index (κ3) is 1.78. The monoisotopic (exact) mass is 184 g/mol. The molecule has 0 saturated heterocycles. The lowest BCUT2D eigenvalue weighted by molar-refractivity contribution is -0.122. The smallest absolute Gasteiger partial charge is 0.308 e. The summed E-state index contributed by atoms with van der Waals surface area (Å²) in [5.41, 5.74) is 9.12. The number of carbonyl (C=O) groups excluding carboxylic acids is 1. The second-order valence-corrected chi connectivity index (χ2v) is 2.78. The highest BCUT2D eigenvalue weighted by molar-refractivity contribution is 5.84. The molecule has 4 N–H and O–H groups in total. The predicted octanol–water partition coefficient (Wildman–Crippen LogP) is -0.725. The van der Waals surface area contributed by atoms with Gasteiger partial charge in [0, 0.05) is 6.20 Å². The maximum Gasteiger partial charge on any atom is 0.308 e. The van der Waals surface area contributed by atoms with E-state index in [1.54, 1.807) is 0 Å². The molecule has 1 aromatic heterocycles. The van der Waals surface area contributed by atoms with E-state index in [2.05, 4.69) is 9.97 Å². The molecule has 0 aliphatic heterocycles. The number of hydrogen-bond donors (Lipinski definition) is 2. The summed E-state index contributed by atoms with van der Waals surface area (Å²) in [4.78, 5) is 17.4. The average molecular weight is 184 g/mol. The molecule has 5 nitrogen and oxygen atoms in total. The van der Waals surface area contributed by atoms with E-state index in [4.69, 9.17) is 11.5 Å². The first-order valence-electron chi connectivity index (χ1n) is 3.52. The average Bonchev–Trinajstić information content (AvgIpc) is 2.04. The molecule has 13 heavy (non-hydrogen) atoms. The van der Waals surface area contributed by atoms with Gasteiger partial charge in [0.05, 0.1) is 5.69 Å². The van der Waals surface area contributed by atoms with Crippen LogP contribution in [0.25, 0.3) is 0 Å². The van der Waals surface area contributed by atoms with Gasteiger partial charge in [0.15, 0.2) is 0 Å². The van der Waals surface area contributed by atoms with Gasteiger partial charge < -0.3 is 11.5 Å². The molecule has 0 aromatic carbocycles. The Hall–Kier alpha value is -1.56. The van der Waals surface area contributed by atoms with Gasteiger partial charge in [-0.25, -0.2) is 9.97 Å². The Kier molecular flexibility index (Phi) is 2.24. The molecule has 0 fully saturated rings. The highest BCUT2D eigenvalue weighted by atomic mass is 19.1. The minimum Gasteiger partial charge on any atom is -0.368 e. The molecule has 70 valence electrons. The van der Waals surface area contributed by atoms with E-state index in [0.29, 0.717) is 0 Å². The molecule has 0 unspecified atom stereocenters. The Morgan fingerprint density at radius 3 is 2.77 bits per heavy atom. The van der Waals surface area contributed by atoms with Gasteiger partial charge in [-0.2, -0.15) is 4.39 Å². The molecule has 6 heteroatoms. The molecule has 0 aliphatic rings. The van der Waals surface area contributed by atoms with Gasteiger partial charge in [-0.1, -0.05) is 0 Å². The van der Waals surface area contributed by atoms with E-state index in [-0.39, 0.29) is 5.69 Å². The summed E-state index contributed by atoms with van der Waals surface area (Å²) in [5, 5.41) is 0. The first-order chi connectivity index (χ1) is 5.94. The van der Waals surface area contributed by atoms with Crippen molar-refractivity contribution in [2.45, 2.75) is 12.5 Å². The maximum absolute atomic E-state index is 12.5. The Morgan fingerprint density at radius 2 is 2.31 bits per heavy atom. The third-order valence-corrected chi connectivity index (χ3v) is 1.67. The topological polar surface area (TPSA) is 94.9 Å². The molecule has 0 radical (unpaired) electrons. The molecular formula is C7H9FN4O. The van der Waals surface area contributed by atoms with Crippen LogP contribution >= 0.6 is 0 Å². The fourth-order valence-corrected chi connectivity index (χ4v) is 0.750. The SMILES string of the molecule is C[C@](N)(C(N)=O)c1ccnc(F)n1. The second-order valence-electron chi connectivity index (χ2n) is 2.78. The Balaban J connectivity index is 3.14. The summed E-state index contributed by atoms with van der Waals surface area (Å²) in [7, 11) is 0. The quantitative estimate of drug-likeness (QED) is 0.592. The highest BCUT2D eigenvalue weighted by Gasteiger charge is 2.30. The fraction of sp³-hybridized carbons (Fsp3) is 0.286. The molecule has 1 amide bonds. The van der Waals surface area contributed by atoms with Crippen LogP contribution in [-0.4, -0.2) is 15.9 Å². The normalized spacial score (nSPS) is 15.0. The zero-order chi connectivity index (χ0) is 10.1. The van der Waals surface area contributed by atoms with E-state index in [0.717, 1.165) is 0 Å². The number of rotatable bonds is 2. The number of nitrogens with zero attached hydrogens (tertiary/aromatic N) is 2. The van der Waals surface area contributed by atoms with E-state index >= 15 is 0 Å². The summed E-state index contributed by atoms with van der Waals surface area (Å²) in [6.07, 6.45) is 0.238. The zero-order valence-corrected chi connectivity index (χ0v) is 6.99. The maximum atomic E-state index is 12.5. The number of amides is 1. The van der Waals surface area contributed by atoms with Gasteiger partial charge in [-0.15, -0.1) is 0 Å². The summed E-state index contributed by atoms with van der Waals surface area (Å²) < 4.78 is 12.5. The van der Waals surface area contributed by atoms with Gasteiger partial charge >= 0.3 is 6.08 Å². The van der Waals surface area contributed by atoms with Crippen molar-refractivity contribution in [3.63, 3.8) is 0 Å². The van der Waals surface area contributed by atoms with Gasteiger partial charge in [-0.05, 0) is 13.0 Å². The lowest BCUT2D eigenvalue weighted by atomic mass is 9.98. The molecule has 0 spiro atoms. The van der Waals surface area contributed by atoms with Gasteiger partial charge in [-0.3, -0.25) is 4.79 Å². The number of halogens is 1. The van der Waals surface area contributed by atoms with Crippen LogP contribution in [0.3, 0.4) is 0 Å². The fourth-order valence-electron chi connectivity index (χ4n) is 0.750. The summed E-state index contributed by atoms with van der Waals surface area (Å²) in [6.45, 7) is 1.36. The summed E-state index contributed by atoms with van der Waals surface area (Å²) in [6, 6.07) is 1.34. The number of carbonyl (C=O) groups is 1. The van der Waals surface area contributed by atoms with Crippen molar-refractivity contribution >= 4 is 5.91 Å². The molecule has 1 heterocycles. The van der Waals surface area contributed by atoms with E-state index in [1.165, 1.54) is 19.2 Å². The molecule has 1 rings (SSSR count).